The lowest BCUT2D eigenvalue weighted by Gasteiger charge is -2.18. The Morgan fingerprint density at radius 2 is 1.81 bits per heavy atom. The first-order chi connectivity index (χ1) is 7.60. The van der Waals surface area contributed by atoms with Gasteiger partial charge in [-0.3, -0.25) is 0 Å². The van der Waals surface area contributed by atoms with Crippen LogP contribution in [0.2, 0.25) is 0 Å². The number of nitrogens with one attached hydrogen (secondary N) is 2. The molecular formula is C10H23N3O2S. The van der Waals surface area contributed by atoms with Crippen molar-refractivity contribution in [3.63, 3.8) is 0 Å². The Morgan fingerprint density at radius 3 is 2.31 bits per heavy atom. The van der Waals surface area contributed by atoms with Crippen molar-refractivity contribution in [3.05, 3.63) is 0 Å². The van der Waals surface area contributed by atoms with Crippen molar-refractivity contribution in [1.82, 2.24) is 14.3 Å². The van der Waals surface area contributed by atoms with Gasteiger partial charge in [0.05, 0.1) is 0 Å². The number of hydrogen-bond acceptors (Lipinski definition) is 3. The summed E-state index contributed by atoms with van der Waals surface area (Å²) in [6.07, 6.45) is 3.38. The lowest BCUT2D eigenvalue weighted by atomic mass is 10.4. The predicted octanol–water partition coefficient (Wildman–Crippen LogP) is 0.305. The topological polar surface area (TPSA) is 61.4 Å². The van der Waals surface area contributed by atoms with Gasteiger partial charge in [-0.05, 0) is 25.8 Å². The lowest BCUT2D eigenvalue weighted by Crippen LogP contribution is -2.41. The summed E-state index contributed by atoms with van der Waals surface area (Å²) in [5.41, 5.74) is 0. The molecule has 16 heavy (non-hydrogen) atoms. The Morgan fingerprint density at radius 1 is 1.19 bits per heavy atom. The third kappa shape index (κ3) is 4.78. The first-order valence-electron chi connectivity index (χ1n) is 6.08. The number of nitrogens with zero attached hydrogens (tertiary/aromatic N) is 1. The van der Waals surface area contributed by atoms with Gasteiger partial charge in [-0.25, -0.2) is 4.72 Å². The minimum atomic E-state index is -3.25. The molecule has 0 heterocycles. The highest BCUT2D eigenvalue weighted by Crippen LogP contribution is 2.18. The van der Waals surface area contributed by atoms with E-state index in [-0.39, 0.29) is 0 Å². The SMILES string of the molecule is CCN(CC)S(=O)(=O)NCCCNC1CC1. The Balaban J connectivity index is 2.13. The van der Waals surface area contributed by atoms with E-state index >= 15 is 0 Å². The quantitative estimate of drug-likeness (QED) is 0.578. The molecule has 0 aromatic carbocycles. The van der Waals surface area contributed by atoms with Crippen LogP contribution < -0.4 is 10.0 Å². The molecule has 0 amide bonds. The number of hydrogen-bond donors (Lipinski definition) is 2. The van der Waals surface area contributed by atoms with Gasteiger partial charge < -0.3 is 5.32 Å². The molecule has 1 fully saturated rings. The molecule has 1 saturated carbocycles. The fourth-order valence-corrected chi connectivity index (χ4v) is 2.80. The molecular weight excluding hydrogens is 226 g/mol. The molecule has 0 aromatic rings. The van der Waals surface area contributed by atoms with Gasteiger partial charge in [0, 0.05) is 25.7 Å². The van der Waals surface area contributed by atoms with Crippen molar-refractivity contribution in [2.24, 2.45) is 0 Å². The van der Waals surface area contributed by atoms with Gasteiger partial charge in [0.2, 0.25) is 0 Å². The third-order valence-corrected chi connectivity index (χ3v) is 4.46. The molecule has 1 aliphatic rings. The molecule has 0 radical (unpaired) electrons. The molecule has 0 aromatic heterocycles. The van der Waals surface area contributed by atoms with Crippen molar-refractivity contribution in [1.29, 1.82) is 0 Å². The van der Waals surface area contributed by atoms with Gasteiger partial charge in [0.1, 0.15) is 0 Å². The summed E-state index contributed by atoms with van der Waals surface area (Å²) in [7, 11) is -3.25. The van der Waals surface area contributed by atoms with E-state index in [1.54, 1.807) is 0 Å². The van der Waals surface area contributed by atoms with E-state index in [9.17, 15) is 8.42 Å². The van der Waals surface area contributed by atoms with Crippen LogP contribution >= 0.6 is 0 Å². The average molecular weight is 249 g/mol. The summed E-state index contributed by atoms with van der Waals surface area (Å²) < 4.78 is 27.4. The zero-order chi connectivity index (χ0) is 12.0. The smallest absolute Gasteiger partial charge is 0.279 e. The third-order valence-electron chi connectivity index (χ3n) is 2.69. The van der Waals surface area contributed by atoms with E-state index in [1.807, 2.05) is 13.8 Å². The maximum atomic E-state index is 11.7. The van der Waals surface area contributed by atoms with Crippen LogP contribution in [-0.4, -0.2) is 44.9 Å². The maximum Gasteiger partial charge on any atom is 0.279 e. The van der Waals surface area contributed by atoms with E-state index in [0.29, 0.717) is 25.7 Å². The van der Waals surface area contributed by atoms with Crippen molar-refractivity contribution >= 4 is 10.2 Å². The predicted molar refractivity (Wildman–Crippen MR) is 65.5 cm³/mol. The van der Waals surface area contributed by atoms with Crippen LogP contribution in [0.3, 0.4) is 0 Å². The van der Waals surface area contributed by atoms with E-state index in [1.165, 1.54) is 17.1 Å². The van der Waals surface area contributed by atoms with Gasteiger partial charge in [-0.2, -0.15) is 12.7 Å². The van der Waals surface area contributed by atoms with Gasteiger partial charge in [-0.15, -0.1) is 0 Å². The van der Waals surface area contributed by atoms with E-state index in [2.05, 4.69) is 10.0 Å². The second-order valence-electron chi connectivity index (χ2n) is 4.07. The summed E-state index contributed by atoms with van der Waals surface area (Å²) in [5.74, 6) is 0. The maximum absolute atomic E-state index is 11.7. The molecule has 0 aliphatic heterocycles. The highest BCUT2D eigenvalue weighted by Gasteiger charge is 2.20. The summed E-state index contributed by atoms with van der Waals surface area (Å²) in [4.78, 5) is 0. The summed E-state index contributed by atoms with van der Waals surface area (Å²) >= 11 is 0. The molecule has 0 atom stereocenters. The zero-order valence-electron chi connectivity index (χ0n) is 10.2. The molecule has 0 saturated heterocycles. The van der Waals surface area contributed by atoms with Gasteiger partial charge in [0.15, 0.2) is 0 Å². The van der Waals surface area contributed by atoms with Crippen LogP contribution in [0.4, 0.5) is 0 Å². The van der Waals surface area contributed by atoms with Gasteiger partial charge in [0.25, 0.3) is 10.2 Å². The first kappa shape index (κ1) is 13.9. The van der Waals surface area contributed by atoms with E-state index in [0.717, 1.165) is 13.0 Å². The van der Waals surface area contributed by atoms with Crippen LogP contribution in [0, 0.1) is 0 Å². The van der Waals surface area contributed by atoms with E-state index in [4.69, 9.17) is 0 Å². The minimum absolute atomic E-state index is 0.512. The monoisotopic (exact) mass is 249 g/mol. The van der Waals surface area contributed by atoms with Gasteiger partial charge in [-0.1, -0.05) is 13.8 Å². The molecule has 0 bridgehead atoms. The van der Waals surface area contributed by atoms with Crippen molar-refractivity contribution < 1.29 is 8.42 Å². The summed E-state index contributed by atoms with van der Waals surface area (Å²) in [6.45, 7) is 6.14. The Labute approximate surface area is 98.8 Å². The highest BCUT2D eigenvalue weighted by atomic mass is 32.2. The van der Waals surface area contributed by atoms with Crippen molar-refractivity contribution in [2.45, 2.75) is 39.2 Å². The first-order valence-corrected chi connectivity index (χ1v) is 7.52. The summed E-state index contributed by atoms with van der Waals surface area (Å²) in [6, 6.07) is 0.694. The Hall–Kier alpha value is -0.170. The molecule has 2 N–H and O–H groups in total. The standard InChI is InChI=1S/C10H23N3O2S/c1-3-13(4-2)16(14,15)12-9-5-8-11-10-6-7-10/h10-12H,3-9H2,1-2H3. The average Bonchev–Trinajstić information content (AvgIpc) is 3.02. The van der Waals surface area contributed by atoms with E-state index < -0.39 is 10.2 Å². The van der Waals surface area contributed by atoms with Crippen molar-refractivity contribution in [2.75, 3.05) is 26.2 Å². The Kier molecular flexibility index (Phi) is 5.68. The molecule has 96 valence electrons. The summed E-state index contributed by atoms with van der Waals surface area (Å²) in [5, 5.41) is 3.35. The fourth-order valence-electron chi connectivity index (χ4n) is 1.54. The minimum Gasteiger partial charge on any atom is -0.314 e. The molecule has 0 spiro atoms. The van der Waals surface area contributed by atoms with Crippen LogP contribution in [0.15, 0.2) is 0 Å². The van der Waals surface area contributed by atoms with Gasteiger partial charge >= 0.3 is 0 Å². The van der Waals surface area contributed by atoms with Crippen molar-refractivity contribution in [3.8, 4) is 0 Å². The zero-order valence-corrected chi connectivity index (χ0v) is 11.0. The second-order valence-corrected chi connectivity index (χ2v) is 5.82. The van der Waals surface area contributed by atoms with Crippen LogP contribution in [-0.2, 0) is 10.2 Å². The van der Waals surface area contributed by atoms with Crippen LogP contribution in [0.5, 0.6) is 0 Å². The second kappa shape index (κ2) is 6.54. The Bertz CT molecular complexity index is 284. The molecule has 1 aliphatic carbocycles. The lowest BCUT2D eigenvalue weighted by molar-refractivity contribution is 0.434. The molecule has 5 nitrogen and oxygen atoms in total. The fraction of sp³-hybridized carbons (Fsp3) is 1.00. The number of rotatable bonds is 9. The molecule has 1 rings (SSSR count). The largest absolute Gasteiger partial charge is 0.314 e. The normalized spacial score (nSPS) is 16.9. The molecule has 6 heteroatoms. The van der Waals surface area contributed by atoms with Crippen LogP contribution in [0.1, 0.15) is 33.1 Å². The molecule has 0 unspecified atom stereocenters. The van der Waals surface area contributed by atoms with Crippen LogP contribution in [0.25, 0.3) is 0 Å². The highest BCUT2D eigenvalue weighted by molar-refractivity contribution is 7.87.